The van der Waals surface area contributed by atoms with Crippen molar-refractivity contribution in [2.75, 3.05) is 20.3 Å². The van der Waals surface area contributed by atoms with Crippen molar-refractivity contribution in [2.24, 2.45) is 5.92 Å². The minimum Gasteiger partial charge on any atom is -0.481 e. The smallest absolute Gasteiger partial charge is 0.310 e. The molecule has 0 saturated carbocycles. The minimum absolute atomic E-state index is 0.202. The van der Waals surface area contributed by atoms with Crippen LogP contribution in [0, 0.1) is 11.7 Å². The zero-order valence-electron chi connectivity index (χ0n) is 10.5. The number of hydrogen-bond acceptors (Lipinski definition) is 3. The molecule has 1 aromatic carbocycles. The van der Waals surface area contributed by atoms with Crippen LogP contribution in [0.25, 0.3) is 0 Å². The van der Waals surface area contributed by atoms with E-state index < -0.39 is 11.9 Å². The van der Waals surface area contributed by atoms with E-state index in [2.05, 4.69) is 0 Å². The summed E-state index contributed by atoms with van der Waals surface area (Å²) in [4.78, 5) is 12.9. The van der Waals surface area contributed by atoms with Gasteiger partial charge in [0.15, 0.2) is 0 Å². The topological polar surface area (TPSA) is 49.8 Å². The Morgan fingerprint density at radius 1 is 1.58 bits per heavy atom. The second-order valence-electron chi connectivity index (χ2n) is 4.70. The number of carboxylic acid groups (broad SMARTS) is 1. The molecule has 1 heterocycles. The standard InChI is InChI=1S/C13H15ClFNO3/c1-16(12-7-19-6-10(12)13(17)18)5-8-2-3-9(14)4-11(8)15/h2-4,10,12H,5-7H2,1H3,(H,17,18). The zero-order chi connectivity index (χ0) is 14.0. The lowest BCUT2D eigenvalue weighted by molar-refractivity contribution is -0.143. The van der Waals surface area contributed by atoms with E-state index in [1.165, 1.54) is 6.07 Å². The van der Waals surface area contributed by atoms with Crippen LogP contribution in [0.3, 0.4) is 0 Å². The second-order valence-corrected chi connectivity index (χ2v) is 5.14. The molecule has 1 saturated heterocycles. The van der Waals surface area contributed by atoms with Gasteiger partial charge in [0.2, 0.25) is 0 Å². The predicted octanol–water partition coefficient (Wildman–Crippen LogP) is 2.01. The number of nitrogens with zero attached hydrogens (tertiary/aromatic N) is 1. The van der Waals surface area contributed by atoms with E-state index in [1.807, 2.05) is 0 Å². The number of carbonyl (C=O) groups is 1. The average molecular weight is 288 g/mol. The van der Waals surface area contributed by atoms with Gasteiger partial charge in [0.05, 0.1) is 19.1 Å². The molecule has 104 valence electrons. The van der Waals surface area contributed by atoms with Gasteiger partial charge in [0.1, 0.15) is 5.82 Å². The van der Waals surface area contributed by atoms with Gasteiger partial charge < -0.3 is 9.84 Å². The van der Waals surface area contributed by atoms with Gasteiger partial charge in [-0.25, -0.2) is 4.39 Å². The van der Waals surface area contributed by atoms with Crippen molar-refractivity contribution in [3.05, 3.63) is 34.6 Å². The number of halogens is 2. The Kier molecular flexibility index (Phi) is 4.39. The highest BCUT2D eigenvalue weighted by Crippen LogP contribution is 2.22. The molecule has 0 radical (unpaired) electrons. The predicted molar refractivity (Wildman–Crippen MR) is 68.6 cm³/mol. The quantitative estimate of drug-likeness (QED) is 0.920. The molecule has 0 amide bonds. The Labute approximate surface area is 115 Å². The van der Waals surface area contributed by atoms with Crippen LogP contribution >= 0.6 is 11.6 Å². The third kappa shape index (κ3) is 3.23. The van der Waals surface area contributed by atoms with E-state index in [0.717, 1.165) is 0 Å². The third-order valence-electron chi connectivity index (χ3n) is 3.37. The normalized spacial score (nSPS) is 22.9. The minimum atomic E-state index is -0.883. The van der Waals surface area contributed by atoms with E-state index in [-0.39, 0.29) is 18.5 Å². The fourth-order valence-electron chi connectivity index (χ4n) is 2.25. The summed E-state index contributed by atoms with van der Waals surface area (Å²) >= 11 is 5.69. The van der Waals surface area contributed by atoms with Crippen LogP contribution in [0.1, 0.15) is 5.56 Å². The maximum Gasteiger partial charge on any atom is 0.310 e. The molecule has 19 heavy (non-hydrogen) atoms. The Balaban J connectivity index is 2.08. The van der Waals surface area contributed by atoms with Crippen LogP contribution < -0.4 is 0 Å². The average Bonchev–Trinajstić information content (AvgIpc) is 2.82. The maximum absolute atomic E-state index is 13.7. The van der Waals surface area contributed by atoms with Crippen molar-refractivity contribution in [3.63, 3.8) is 0 Å². The Hall–Kier alpha value is -1.17. The number of benzene rings is 1. The fourth-order valence-corrected chi connectivity index (χ4v) is 2.41. The van der Waals surface area contributed by atoms with Crippen molar-refractivity contribution in [3.8, 4) is 0 Å². The summed E-state index contributed by atoms with van der Waals surface area (Å²) in [6, 6.07) is 4.24. The lowest BCUT2D eigenvalue weighted by Gasteiger charge is -2.26. The largest absolute Gasteiger partial charge is 0.481 e. The zero-order valence-corrected chi connectivity index (χ0v) is 11.2. The number of hydrogen-bond donors (Lipinski definition) is 1. The summed E-state index contributed by atoms with van der Waals surface area (Å²) in [6.45, 7) is 0.872. The molecular weight excluding hydrogens is 273 g/mol. The lowest BCUT2D eigenvalue weighted by Crippen LogP contribution is -2.40. The van der Waals surface area contributed by atoms with Crippen molar-refractivity contribution in [1.29, 1.82) is 0 Å². The molecule has 1 aliphatic rings. The molecule has 1 fully saturated rings. The van der Waals surface area contributed by atoms with E-state index in [1.54, 1.807) is 24.1 Å². The van der Waals surface area contributed by atoms with Crippen LogP contribution in [-0.4, -0.2) is 42.3 Å². The van der Waals surface area contributed by atoms with E-state index >= 15 is 0 Å². The van der Waals surface area contributed by atoms with Crippen molar-refractivity contribution < 1.29 is 19.0 Å². The summed E-state index contributed by atoms with van der Waals surface area (Å²) < 4.78 is 18.9. The summed E-state index contributed by atoms with van der Waals surface area (Å²) in [5.74, 6) is -1.84. The fraction of sp³-hybridized carbons (Fsp3) is 0.462. The molecule has 0 bridgehead atoms. The SMILES string of the molecule is CN(Cc1ccc(Cl)cc1F)C1COCC1C(=O)O. The molecule has 1 N–H and O–H groups in total. The molecule has 2 rings (SSSR count). The first kappa shape index (κ1) is 14.2. The summed E-state index contributed by atoms with van der Waals surface area (Å²) in [6.07, 6.45) is 0. The van der Waals surface area contributed by atoms with Crippen molar-refractivity contribution >= 4 is 17.6 Å². The number of carboxylic acids is 1. The molecule has 1 aliphatic heterocycles. The number of ether oxygens (including phenoxy) is 1. The molecule has 2 unspecified atom stereocenters. The van der Waals surface area contributed by atoms with E-state index in [0.29, 0.717) is 23.7 Å². The van der Waals surface area contributed by atoms with Gasteiger partial charge in [-0.05, 0) is 19.2 Å². The van der Waals surface area contributed by atoms with Gasteiger partial charge >= 0.3 is 5.97 Å². The molecular formula is C13H15ClFNO3. The number of rotatable bonds is 4. The first-order chi connectivity index (χ1) is 8.99. The maximum atomic E-state index is 13.7. The van der Waals surface area contributed by atoms with Gasteiger partial charge in [-0.1, -0.05) is 17.7 Å². The van der Waals surface area contributed by atoms with E-state index in [9.17, 15) is 9.18 Å². The highest BCUT2D eigenvalue weighted by Gasteiger charge is 2.36. The van der Waals surface area contributed by atoms with Gasteiger partial charge in [-0.3, -0.25) is 9.69 Å². The molecule has 0 aromatic heterocycles. The van der Waals surface area contributed by atoms with Crippen LogP contribution in [0.4, 0.5) is 4.39 Å². The molecule has 0 aliphatic carbocycles. The Morgan fingerprint density at radius 3 is 2.95 bits per heavy atom. The first-order valence-corrected chi connectivity index (χ1v) is 6.31. The lowest BCUT2D eigenvalue weighted by atomic mass is 10.0. The second kappa shape index (κ2) is 5.86. The van der Waals surface area contributed by atoms with Crippen LogP contribution in [-0.2, 0) is 16.1 Å². The third-order valence-corrected chi connectivity index (χ3v) is 3.60. The van der Waals surface area contributed by atoms with Crippen LogP contribution in [0.5, 0.6) is 0 Å². The molecule has 0 spiro atoms. The summed E-state index contributed by atoms with van der Waals surface area (Å²) in [7, 11) is 1.77. The molecule has 1 aromatic rings. The van der Waals surface area contributed by atoms with Gasteiger partial charge in [0.25, 0.3) is 0 Å². The molecule has 6 heteroatoms. The van der Waals surface area contributed by atoms with Crippen molar-refractivity contribution in [2.45, 2.75) is 12.6 Å². The van der Waals surface area contributed by atoms with Crippen molar-refractivity contribution in [1.82, 2.24) is 4.90 Å². The highest BCUT2D eigenvalue weighted by atomic mass is 35.5. The molecule has 2 atom stereocenters. The van der Waals surface area contributed by atoms with E-state index in [4.69, 9.17) is 21.4 Å². The van der Waals surface area contributed by atoms with Gasteiger partial charge in [0, 0.05) is 23.2 Å². The molecule has 4 nitrogen and oxygen atoms in total. The number of aliphatic carboxylic acids is 1. The monoisotopic (exact) mass is 287 g/mol. The van der Waals surface area contributed by atoms with Gasteiger partial charge in [-0.15, -0.1) is 0 Å². The Bertz CT molecular complexity index is 483. The first-order valence-electron chi connectivity index (χ1n) is 5.93. The Morgan fingerprint density at radius 2 is 2.32 bits per heavy atom. The summed E-state index contributed by atoms with van der Waals surface area (Å²) in [5, 5.41) is 9.44. The summed E-state index contributed by atoms with van der Waals surface area (Å²) in [5.41, 5.74) is 0.489. The van der Waals surface area contributed by atoms with Crippen LogP contribution in [0.15, 0.2) is 18.2 Å². The highest BCUT2D eigenvalue weighted by molar-refractivity contribution is 6.30. The number of likely N-dealkylation sites (N-methyl/N-ethyl adjacent to an activating group) is 1. The van der Waals surface area contributed by atoms with Gasteiger partial charge in [-0.2, -0.15) is 0 Å². The van der Waals surface area contributed by atoms with Crippen LogP contribution in [0.2, 0.25) is 5.02 Å².